The molecule has 1 fully saturated rings. The van der Waals surface area contributed by atoms with Crippen LogP contribution in [0.1, 0.15) is 12.8 Å². The largest absolute Gasteiger partial charge is 0.384 e. The molecule has 114 valence electrons. The molecule has 0 aromatic carbocycles. The molecule has 4 rings (SSSR count). The average molecular weight is 298 g/mol. The van der Waals surface area contributed by atoms with Gasteiger partial charge in [0, 0.05) is 19.3 Å². The van der Waals surface area contributed by atoms with Crippen LogP contribution in [0.25, 0.3) is 11.0 Å². The Hall–Kier alpha value is -2.90. The third-order valence-corrected chi connectivity index (χ3v) is 3.40. The predicted molar refractivity (Wildman–Crippen MR) is 86.2 cm³/mol. The number of nitrogens with one attached hydrogen (secondary N) is 1. The first-order valence-corrected chi connectivity index (χ1v) is 7.12. The van der Waals surface area contributed by atoms with E-state index in [1.807, 2.05) is 12.1 Å². The van der Waals surface area contributed by atoms with Crippen molar-refractivity contribution in [2.45, 2.75) is 12.8 Å². The second kappa shape index (κ2) is 6.25. The molecule has 4 heterocycles. The molecule has 1 aliphatic rings. The van der Waals surface area contributed by atoms with Crippen LogP contribution in [0.15, 0.2) is 30.6 Å². The van der Waals surface area contributed by atoms with Gasteiger partial charge in [0.1, 0.15) is 11.6 Å². The number of nitrogen functional groups attached to an aromatic ring is 2. The first-order chi connectivity index (χ1) is 10.7. The molecule has 8 heteroatoms. The number of aromatic amines is 1. The number of rotatable bonds is 1. The summed E-state index contributed by atoms with van der Waals surface area (Å²) in [5.74, 6) is 1.78. The number of anilines is 3. The predicted octanol–water partition coefficient (Wildman–Crippen LogP) is 1.20. The van der Waals surface area contributed by atoms with E-state index >= 15 is 0 Å². The lowest BCUT2D eigenvalue weighted by Crippen LogP contribution is -2.20. The molecule has 0 spiro atoms. The number of aromatic nitrogens is 5. The fourth-order valence-corrected chi connectivity index (χ4v) is 2.38. The maximum absolute atomic E-state index is 5.65. The summed E-state index contributed by atoms with van der Waals surface area (Å²) < 4.78 is 0. The van der Waals surface area contributed by atoms with E-state index in [1.54, 1.807) is 18.5 Å². The molecule has 1 saturated heterocycles. The van der Waals surface area contributed by atoms with Crippen molar-refractivity contribution in [2.75, 3.05) is 29.5 Å². The summed E-state index contributed by atoms with van der Waals surface area (Å²) in [7, 11) is 0. The summed E-state index contributed by atoms with van der Waals surface area (Å²) in [6.45, 7) is 2.08. The molecule has 3 aromatic heterocycles. The second-order valence-electron chi connectivity index (χ2n) is 4.99. The van der Waals surface area contributed by atoms with Crippen LogP contribution in [-0.2, 0) is 0 Å². The summed E-state index contributed by atoms with van der Waals surface area (Å²) in [5, 5.41) is 7.73. The van der Waals surface area contributed by atoms with Gasteiger partial charge >= 0.3 is 0 Å². The summed E-state index contributed by atoms with van der Waals surface area (Å²) in [6.07, 6.45) is 5.84. The smallest absolute Gasteiger partial charge is 0.224 e. The van der Waals surface area contributed by atoms with E-state index < -0.39 is 0 Å². The monoisotopic (exact) mass is 298 g/mol. The molecule has 0 radical (unpaired) electrons. The van der Waals surface area contributed by atoms with Gasteiger partial charge in [-0.15, -0.1) is 0 Å². The zero-order chi connectivity index (χ0) is 15.4. The van der Waals surface area contributed by atoms with E-state index in [0.717, 1.165) is 24.3 Å². The van der Waals surface area contributed by atoms with Crippen LogP contribution in [0.2, 0.25) is 0 Å². The zero-order valence-corrected chi connectivity index (χ0v) is 12.1. The maximum Gasteiger partial charge on any atom is 0.224 e. The number of nitrogens with two attached hydrogens (primary N) is 2. The third kappa shape index (κ3) is 3.05. The molecule has 22 heavy (non-hydrogen) atoms. The molecular weight excluding hydrogens is 280 g/mol. The molecule has 0 aliphatic carbocycles. The lowest BCUT2D eigenvalue weighted by Gasteiger charge is -2.16. The Morgan fingerprint density at radius 2 is 1.91 bits per heavy atom. The average Bonchev–Trinajstić information content (AvgIpc) is 3.19. The summed E-state index contributed by atoms with van der Waals surface area (Å²) in [6, 6.07) is 5.43. The van der Waals surface area contributed by atoms with Gasteiger partial charge in [-0.05, 0) is 25.0 Å². The highest BCUT2D eigenvalue weighted by molar-refractivity contribution is 5.87. The van der Waals surface area contributed by atoms with Gasteiger partial charge in [-0.2, -0.15) is 15.1 Å². The zero-order valence-electron chi connectivity index (χ0n) is 12.1. The Bertz CT molecular complexity index is 733. The van der Waals surface area contributed by atoms with E-state index in [-0.39, 0.29) is 0 Å². The molecule has 0 amide bonds. The number of H-pyrrole nitrogens is 1. The van der Waals surface area contributed by atoms with E-state index in [0.29, 0.717) is 17.4 Å². The Balaban J connectivity index is 0.000000174. The van der Waals surface area contributed by atoms with E-state index in [1.165, 1.54) is 12.8 Å². The highest BCUT2D eigenvalue weighted by Crippen LogP contribution is 2.25. The van der Waals surface area contributed by atoms with Gasteiger partial charge in [0.2, 0.25) is 5.95 Å². The Morgan fingerprint density at radius 3 is 2.55 bits per heavy atom. The van der Waals surface area contributed by atoms with Crippen molar-refractivity contribution in [2.24, 2.45) is 0 Å². The summed E-state index contributed by atoms with van der Waals surface area (Å²) >= 11 is 0. The van der Waals surface area contributed by atoms with E-state index in [4.69, 9.17) is 11.5 Å². The maximum atomic E-state index is 5.65. The third-order valence-electron chi connectivity index (χ3n) is 3.40. The highest BCUT2D eigenvalue weighted by Gasteiger charge is 2.18. The van der Waals surface area contributed by atoms with Crippen molar-refractivity contribution in [3.8, 4) is 0 Å². The minimum Gasteiger partial charge on any atom is -0.384 e. The number of hydrogen-bond acceptors (Lipinski definition) is 7. The van der Waals surface area contributed by atoms with Crippen molar-refractivity contribution >= 4 is 28.6 Å². The normalized spacial score (nSPS) is 13.9. The quantitative estimate of drug-likeness (QED) is 0.616. The van der Waals surface area contributed by atoms with Gasteiger partial charge in [0.05, 0.1) is 11.6 Å². The summed E-state index contributed by atoms with van der Waals surface area (Å²) in [4.78, 5) is 14.4. The number of nitrogens with zero attached hydrogens (tertiary/aromatic N) is 5. The molecule has 0 bridgehead atoms. The van der Waals surface area contributed by atoms with Crippen LogP contribution < -0.4 is 16.4 Å². The fourth-order valence-electron chi connectivity index (χ4n) is 2.38. The van der Waals surface area contributed by atoms with Gasteiger partial charge in [-0.3, -0.25) is 5.10 Å². The van der Waals surface area contributed by atoms with Crippen LogP contribution in [0.5, 0.6) is 0 Å². The highest BCUT2D eigenvalue weighted by atomic mass is 15.2. The van der Waals surface area contributed by atoms with Crippen molar-refractivity contribution in [1.82, 2.24) is 25.1 Å². The Kier molecular flexibility index (Phi) is 3.99. The minimum absolute atomic E-state index is 0.300. The van der Waals surface area contributed by atoms with Gasteiger partial charge < -0.3 is 16.4 Å². The molecular formula is C14H18N8. The van der Waals surface area contributed by atoms with E-state index in [9.17, 15) is 0 Å². The van der Waals surface area contributed by atoms with Crippen molar-refractivity contribution < 1.29 is 0 Å². The molecule has 8 nitrogen and oxygen atoms in total. The lowest BCUT2D eigenvalue weighted by atomic mass is 10.3. The fraction of sp³-hybridized carbons (Fsp3) is 0.286. The van der Waals surface area contributed by atoms with Gasteiger partial charge in [-0.25, -0.2) is 4.98 Å². The standard InChI is InChI=1S/C9H12N6.C5H6N2/c10-9-12-7-6(5-11-14-7)8(13-9)15-3-1-2-4-15;6-5-3-1-2-4-7-5/h5H,1-4H2,(H3,10,11,12,13,14);1-4H,(H2,6,7). The Morgan fingerprint density at radius 1 is 1.09 bits per heavy atom. The second-order valence-corrected chi connectivity index (χ2v) is 4.99. The number of pyridine rings is 1. The van der Waals surface area contributed by atoms with Gasteiger partial charge in [0.15, 0.2) is 5.65 Å². The molecule has 0 unspecified atom stereocenters. The molecule has 3 aromatic rings. The van der Waals surface area contributed by atoms with Crippen molar-refractivity contribution in [3.63, 3.8) is 0 Å². The molecule has 0 atom stereocenters. The van der Waals surface area contributed by atoms with Crippen LogP contribution in [-0.4, -0.2) is 38.2 Å². The number of hydrogen-bond donors (Lipinski definition) is 3. The van der Waals surface area contributed by atoms with Crippen molar-refractivity contribution in [3.05, 3.63) is 30.6 Å². The Labute approximate surface area is 127 Å². The van der Waals surface area contributed by atoms with Crippen LogP contribution in [0.4, 0.5) is 17.6 Å². The number of fused-ring (bicyclic) bond motifs is 1. The first-order valence-electron chi connectivity index (χ1n) is 7.12. The first kappa shape index (κ1) is 14.1. The van der Waals surface area contributed by atoms with Crippen molar-refractivity contribution in [1.29, 1.82) is 0 Å². The minimum atomic E-state index is 0.300. The lowest BCUT2D eigenvalue weighted by molar-refractivity contribution is 0.942. The van der Waals surface area contributed by atoms with E-state index in [2.05, 4.69) is 30.0 Å². The molecule has 0 saturated carbocycles. The molecule has 1 aliphatic heterocycles. The summed E-state index contributed by atoms with van der Waals surface area (Å²) in [5.41, 5.74) is 11.6. The van der Waals surface area contributed by atoms with Crippen LogP contribution in [0, 0.1) is 0 Å². The van der Waals surface area contributed by atoms with Gasteiger partial charge in [0.25, 0.3) is 0 Å². The SMILES string of the molecule is Nc1ccccn1.Nc1nc(N2CCCC2)c2cn[nH]c2n1. The van der Waals surface area contributed by atoms with Crippen LogP contribution >= 0.6 is 0 Å². The topological polar surface area (TPSA) is 123 Å². The molecule has 5 N–H and O–H groups in total. The van der Waals surface area contributed by atoms with Crippen LogP contribution in [0.3, 0.4) is 0 Å². The van der Waals surface area contributed by atoms with Gasteiger partial charge in [-0.1, -0.05) is 6.07 Å².